The van der Waals surface area contributed by atoms with Crippen LogP contribution in [-0.4, -0.2) is 45.2 Å². The van der Waals surface area contributed by atoms with Gasteiger partial charge in [0.25, 0.3) is 0 Å². The number of thiophene rings is 1. The van der Waals surface area contributed by atoms with Crippen LogP contribution in [0, 0.1) is 0 Å². The number of nitrogens with zero attached hydrogens (tertiary/aromatic N) is 4. The zero-order valence-electron chi connectivity index (χ0n) is 13.8. The third-order valence-electron chi connectivity index (χ3n) is 5.00. The van der Waals surface area contributed by atoms with E-state index in [4.69, 9.17) is 0 Å². The molecule has 4 rings (SSSR count). The number of hydrogen-bond acceptors (Lipinski definition) is 5. The molecular weight excluding hydrogens is 322 g/mol. The largest absolute Gasteiger partial charge is 0.350 e. The molecule has 0 spiro atoms. The van der Waals surface area contributed by atoms with Gasteiger partial charge in [-0.2, -0.15) is 0 Å². The lowest BCUT2D eigenvalue weighted by atomic mass is 9.96. The van der Waals surface area contributed by atoms with Crippen LogP contribution in [0.3, 0.4) is 0 Å². The van der Waals surface area contributed by atoms with Crippen LogP contribution in [0.15, 0.2) is 17.5 Å². The number of aromatic nitrogens is 3. The van der Waals surface area contributed by atoms with Crippen molar-refractivity contribution in [1.29, 1.82) is 0 Å². The molecule has 0 aromatic carbocycles. The van der Waals surface area contributed by atoms with Gasteiger partial charge in [-0.05, 0) is 43.8 Å². The summed E-state index contributed by atoms with van der Waals surface area (Å²) in [6.45, 7) is 4.12. The molecule has 0 unspecified atom stereocenters. The van der Waals surface area contributed by atoms with E-state index in [1.807, 2.05) is 17.5 Å². The van der Waals surface area contributed by atoms with Crippen LogP contribution in [0.4, 0.5) is 0 Å². The molecule has 1 saturated heterocycles. The Labute approximate surface area is 145 Å². The number of likely N-dealkylation sites (tertiary alicyclic amines) is 1. The van der Waals surface area contributed by atoms with E-state index in [-0.39, 0.29) is 5.91 Å². The molecule has 128 valence electrons. The number of piperidine rings is 1. The van der Waals surface area contributed by atoms with E-state index in [1.54, 1.807) is 11.3 Å². The molecule has 24 heavy (non-hydrogen) atoms. The molecule has 1 N–H and O–H groups in total. The van der Waals surface area contributed by atoms with Crippen LogP contribution >= 0.6 is 11.3 Å². The van der Waals surface area contributed by atoms with E-state index >= 15 is 0 Å². The van der Waals surface area contributed by atoms with Gasteiger partial charge in [0.2, 0.25) is 5.91 Å². The van der Waals surface area contributed by atoms with E-state index in [2.05, 4.69) is 25.0 Å². The molecular formula is C17H23N5OS. The molecule has 4 heterocycles. The predicted molar refractivity (Wildman–Crippen MR) is 92.9 cm³/mol. The Hall–Kier alpha value is -1.73. The minimum atomic E-state index is 0.116. The first-order chi connectivity index (χ1) is 11.8. The van der Waals surface area contributed by atoms with Gasteiger partial charge in [-0.1, -0.05) is 6.07 Å². The molecule has 0 aliphatic carbocycles. The Bertz CT molecular complexity index is 688. The van der Waals surface area contributed by atoms with E-state index in [1.165, 1.54) is 17.1 Å². The van der Waals surface area contributed by atoms with Crippen molar-refractivity contribution < 1.29 is 4.79 Å². The van der Waals surface area contributed by atoms with Crippen molar-refractivity contribution in [2.75, 3.05) is 19.6 Å². The smallest absolute Gasteiger partial charge is 0.234 e. The van der Waals surface area contributed by atoms with E-state index in [9.17, 15) is 4.79 Å². The second kappa shape index (κ2) is 7.03. The number of fused-ring (bicyclic) bond motifs is 1. The predicted octanol–water partition coefficient (Wildman–Crippen LogP) is 1.78. The SMILES string of the molecule is O=C(CN1CCC(c2nnc3n2CCC3)CC1)NCc1cccs1. The number of rotatable bonds is 5. The van der Waals surface area contributed by atoms with Gasteiger partial charge in [0.15, 0.2) is 0 Å². The standard InChI is InChI=1S/C17H23N5OS/c23-16(18-11-14-3-2-10-24-14)12-21-8-5-13(6-9-21)17-20-19-15-4-1-7-22(15)17/h2-3,10,13H,1,4-9,11-12H2,(H,18,23). The Kier molecular flexibility index (Phi) is 4.62. The van der Waals surface area contributed by atoms with Crippen LogP contribution in [-0.2, 0) is 24.3 Å². The molecule has 1 amide bonds. The summed E-state index contributed by atoms with van der Waals surface area (Å²) in [6.07, 6.45) is 4.39. The van der Waals surface area contributed by atoms with Gasteiger partial charge in [-0.3, -0.25) is 9.69 Å². The van der Waals surface area contributed by atoms with Crippen molar-refractivity contribution in [3.8, 4) is 0 Å². The fourth-order valence-corrected chi connectivity index (χ4v) is 4.33. The molecule has 0 atom stereocenters. The summed E-state index contributed by atoms with van der Waals surface area (Å²) in [5.74, 6) is 2.93. The van der Waals surface area contributed by atoms with Gasteiger partial charge in [-0.15, -0.1) is 21.5 Å². The first-order valence-electron chi connectivity index (χ1n) is 8.73. The molecule has 7 heteroatoms. The Morgan fingerprint density at radius 2 is 2.17 bits per heavy atom. The summed E-state index contributed by atoms with van der Waals surface area (Å²) in [5, 5.41) is 13.8. The van der Waals surface area contributed by atoms with Gasteiger partial charge in [0, 0.05) is 23.8 Å². The fourth-order valence-electron chi connectivity index (χ4n) is 3.68. The van der Waals surface area contributed by atoms with Crippen molar-refractivity contribution in [3.63, 3.8) is 0 Å². The zero-order chi connectivity index (χ0) is 16.4. The highest BCUT2D eigenvalue weighted by atomic mass is 32.1. The Balaban J connectivity index is 1.24. The molecule has 1 fully saturated rings. The van der Waals surface area contributed by atoms with Crippen LogP contribution < -0.4 is 5.32 Å². The number of amides is 1. The van der Waals surface area contributed by atoms with E-state index < -0.39 is 0 Å². The minimum Gasteiger partial charge on any atom is -0.350 e. The van der Waals surface area contributed by atoms with Gasteiger partial charge < -0.3 is 9.88 Å². The second-order valence-corrected chi connectivity index (χ2v) is 7.67. The first kappa shape index (κ1) is 15.8. The number of carbonyl (C=O) groups is 1. The highest BCUT2D eigenvalue weighted by molar-refractivity contribution is 7.09. The molecule has 2 aliphatic rings. The first-order valence-corrected chi connectivity index (χ1v) is 9.61. The highest BCUT2D eigenvalue weighted by Gasteiger charge is 2.28. The topological polar surface area (TPSA) is 63.1 Å². The average molecular weight is 345 g/mol. The summed E-state index contributed by atoms with van der Waals surface area (Å²) in [5.41, 5.74) is 0. The zero-order valence-corrected chi connectivity index (χ0v) is 14.6. The van der Waals surface area contributed by atoms with Gasteiger partial charge in [0.05, 0.1) is 13.1 Å². The maximum atomic E-state index is 12.1. The van der Waals surface area contributed by atoms with Crippen LogP contribution in [0.1, 0.15) is 41.7 Å². The average Bonchev–Trinajstić information content (AvgIpc) is 3.32. The second-order valence-electron chi connectivity index (χ2n) is 6.64. The summed E-state index contributed by atoms with van der Waals surface area (Å²) >= 11 is 1.68. The summed E-state index contributed by atoms with van der Waals surface area (Å²) in [7, 11) is 0. The quantitative estimate of drug-likeness (QED) is 0.897. The fraction of sp³-hybridized carbons (Fsp3) is 0.588. The van der Waals surface area contributed by atoms with Crippen molar-refractivity contribution in [1.82, 2.24) is 25.0 Å². The summed E-state index contributed by atoms with van der Waals surface area (Å²) in [4.78, 5) is 15.5. The molecule has 0 bridgehead atoms. The van der Waals surface area contributed by atoms with Gasteiger partial charge >= 0.3 is 0 Å². The van der Waals surface area contributed by atoms with Crippen molar-refractivity contribution in [2.45, 2.75) is 44.7 Å². The lowest BCUT2D eigenvalue weighted by Gasteiger charge is -2.30. The third kappa shape index (κ3) is 3.37. The Morgan fingerprint density at radius 3 is 2.96 bits per heavy atom. The molecule has 0 saturated carbocycles. The van der Waals surface area contributed by atoms with Crippen molar-refractivity contribution in [3.05, 3.63) is 34.0 Å². The lowest BCUT2D eigenvalue weighted by Crippen LogP contribution is -2.41. The lowest BCUT2D eigenvalue weighted by molar-refractivity contribution is -0.122. The van der Waals surface area contributed by atoms with E-state index in [0.717, 1.165) is 44.7 Å². The molecule has 2 aromatic rings. The normalized spacial score (nSPS) is 18.7. The molecule has 6 nitrogen and oxygen atoms in total. The van der Waals surface area contributed by atoms with Crippen LogP contribution in [0.5, 0.6) is 0 Å². The van der Waals surface area contributed by atoms with Crippen LogP contribution in [0.2, 0.25) is 0 Å². The van der Waals surface area contributed by atoms with Crippen molar-refractivity contribution in [2.24, 2.45) is 0 Å². The van der Waals surface area contributed by atoms with Gasteiger partial charge in [-0.25, -0.2) is 0 Å². The van der Waals surface area contributed by atoms with Gasteiger partial charge in [0.1, 0.15) is 11.6 Å². The number of carbonyl (C=O) groups excluding carboxylic acids is 1. The molecule has 2 aliphatic heterocycles. The minimum absolute atomic E-state index is 0.116. The monoisotopic (exact) mass is 345 g/mol. The maximum absolute atomic E-state index is 12.1. The van der Waals surface area contributed by atoms with Crippen molar-refractivity contribution >= 4 is 17.2 Å². The third-order valence-corrected chi connectivity index (χ3v) is 5.87. The van der Waals surface area contributed by atoms with Crippen LogP contribution in [0.25, 0.3) is 0 Å². The molecule has 0 radical (unpaired) electrons. The summed E-state index contributed by atoms with van der Waals surface area (Å²) < 4.78 is 2.31. The number of hydrogen-bond donors (Lipinski definition) is 1. The number of aryl methyl sites for hydroxylation is 1. The Morgan fingerprint density at radius 1 is 1.29 bits per heavy atom. The summed E-state index contributed by atoms with van der Waals surface area (Å²) in [6, 6.07) is 4.06. The highest BCUT2D eigenvalue weighted by Crippen LogP contribution is 2.29. The van der Waals surface area contributed by atoms with E-state index in [0.29, 0.717) is 19.0 Å². The number of nitrogens with one attached hydrogen (secondary N) is 1. The maximum Gasteiger partial charge on any atom is 0.234 e. The molecule has 2 aromatic heterocycles.